The lowest BCUT2D eigenvalue weighted by molar-refractivity contribution is 0.00758. The Labute approximate surface area is 292 Å². The first kappa shape index (κ1) is 34.7. The maximum atomic E-state index is 12.8. The van der Waals surface area contributed by atoms with E-state index >= 15 is 0 Å². The summed E-state index contributed by atoms with van der Waals surface area (Å²) in [5.74, 6) is 0.197. The van der Waals surface area contributed by atoms with Crippen LogP contribution in [-0.2, 0) is 13.0 Å². The standard InChI is InChI=1S/C33H45N11O7/c1-41-9-7-19(13-41)36-32(50)37-20-8-10-42(14-20)31-39-28(35-21(15-45)11-18-5-3-2-4-6-18)25-29(40-31)43(17-34-25)23-12-24(27(48)26(23)47)44-30(49)22(16-46)38-33(44)51/h2-6,17,19-21,23-24,26-27,45-49H,7-16H2,1H3,(H,38,51)(H,35,39,40)(H2,36,37,50)/t19-,20-,21+,23-,24+,26+,27-/m1/s1. The van der Waals surface area contributed by atoms with E-state index in [4.69, 9.17) is 9.97 Å². The van der Waals surface area contributed by atoms with Crippen LogP contribution in [0.1, 0.15) is 42.6 Å². The molecule has 1 saturated carbocycles. The van der Waals surface area contributed by atoms with Crippen molar-refractivity contribution in [1.29, 1.82) is 0 Å². The monoisotopic (exact) mass is 707 g/mol. The molecule has 18 nitrogen and oxygen atoms in total. The lowest BCUT2D eigenvalue weighted by atomic mass is 10.1. The minimum Gasteiger partial charge on any atom is -0.493 e. The Morgan fingerprint density at radius 3 is 2.43 bits per heavy atom. The predicted molar refractivity (Wildman–Crippen MR) is 185 cm³/mol. The van der Waals surface area contributed by atoms with E-state index in [1.54, 1.807) is 4.57 Å². The highest BCUT2D eigenvalue weighted by atomic mass is 16.3. The minimum absolute atomic E-state index is 0.0287. The molecule has 274 valence electrons. The van der Waals surface area contributed by atoms with Crippen LogP contribution in [0.2, 0.25) is 0 Å². The average Bonchev–Trinajstić information content (AvgIpc) is 3.95. The van der Waals surface area contributed by atoms with E-state index in [-0.39, 0.29) is 36.8 Å². The van der Waals surface area contributed by atoms with Crippen molar-refractivity contribution < 1.29 is 30.3 Å². The Balaban J connectivity index is 1.18. The molecule has 4 aromatic rings. The molecular formula is C33H45N11O7. The van der Waals surface area contributed by atoms with Crippen LogP contribution in [0.15, 0.2) is 41.5 Å². The van der Waals surface area contributed by atoms with E-state index in [2.05, 4.69) is 30.8 Å². The van der Waals surface area contributed by atoms with Crippen LogP contribution >= 0.6 is 0 Å². The molecule has 2 amide bonds. The van der Waals surface area contributed by atoms with Gasteiger partial charge in [-0.1, -0.05) is 30.3 Å². The number of aromatic amines is 1. The number of aliphatic hydroxyl groups excluding tert-OH is 4. The molecule has 7 atom stereocenters. The predicted octanol–water partition coefficient (Wildman–Crippen LogP) is -0.981. The van der Waals surface area contributed by atoms with Crippen molar-refractivity contribution in [3.05, 3.63) is 58.4 Å². The fraction of sp³-hybridized carbons (Fsp3) is 0.545. The first-order valence-electron chi connectivity index (χ1n) is 17.3. The third-order valence-electron chi connectivity index (χ3n) is 10.3. The summed E-state index contributed by atoms with van der Waals surface area (Å²) >= 11 is 0. The number of carbonyl (C=O) groups excluding carboxylic acids is 1. The number of hydrogen-bond acceptors (Lipinski definition) is 13. The number of H-pyrrole nitrogens is 1. The number of aliphatic hydroxyl groups is 4. The second kappa shape index (κ2) is 14.5. The number of amides is 2. The Morgan fingerprint density at radius 1 is 1.02 bits per heavy atom. The summed E-state index contributed by atoms with van der Waals surface area (Å²) in [6.45, 7) is 1.93. The molecule has 2 aliphatic heterocycles. The normalized spacial score (nSPS) is 25.9. The third-order valence-corrected chi connectivity index (χ3v) is 10.3. The van der Waals surface area contributed by atoms with Gasteiger partial charge in [0.25, 0.3) is 0 Å². The lowest BCUT2D eigenvalue weighted by Crippen LogP contribution is -2.47. The third kappa shape index (κ3) is 6.96. The molecule has 18 heteroatoms. The molecule has 1 aromatic carbocycles. The lowest BCUT2D eigenvalue weighted by Gasteiger charge is -2.22. The van der Waals surface area contributed by atoms with Crippen molar-refractivity contribution in [2.75, 3.05) is 50.1 Å². The van der Waals surface area contributed by atoms with E-state index < -0.39 is 48.5 Å². The Bertz CT molecular complexity index is 1900. The minimum atomic E-state index is -1.44. The summed E-state index contributed by atoms with van der Waals surface area (Å²) in [5, 5.41) is 62.4. The summed E-state index contributed by atoms with van der Waals surface area (Å²) in [6.07, 6.45) is 0.763. The van der Waals surface area contributed by atoms with Gasteiger partial charge in [0.05, 0.1) is 37.7 Å². The van der Waals surface area contributed by atoms with Crippen LogP contribution in [0.4, 0.5) is 16.6 Å². The number of rotatable bonds is 11. The summed E-state index contributed by atoms with van der Waals surface area (Å²) in [4.78, 5) is 46.4. The maximum Gasteiger partial charge on any atom is 0.329 e. The molecule has 51 heavy (non-hydrogen) atoms. The molecule has 0 radical (unpaired) electrons. The zero-order valence-corrected chi connectivity index (χ0v) is 28.3. The van der Waals surface area contributed by atoms with Gasteiger partial charge in [0.1, 0.15) is 17.9 Å². The first-order chi connectivity index (χ1) is 24.6. The van der Waals surface area contributed by atoms with Crippen LogP contribution in [0.3, 0.4) is 0 Å². The number of aromatic nitrogens is 6. The molecule has 5 heterocycles. The number of imidazole rings is 2. The Kier molecular flexibility index (Phi) is 9.84. The van der Waals surface area contributed by atoms with E-state index in [0.29, 0.717) is 48.9 Å². The van der Waals surface area contributed by atoms with Crippen LogP contribution < -0.4 is 26.5 Å². The molecule has 0 unspecified atom stereocenters. The Hall–Kier alpha value is -4.75. The van der Waals surface area contributed by atoms with E-state index in [9.17, 15) is 35.1 Å². The Morgan fingerprint density at radius 2 is 1.75 bits per heavy atom. The summed E-state index contributed by atoms with van der Waals surface area (Å²) in [5.41, 5.74) is 0.904. The number of urea groups is 1. The van der Waals surface area contributed by atoms with Gasteiger partial charge in [0.2, 0.25) is 11.8 Å². The molecular weight excluding hydrogens is 662 g/mol. The van der Waals surface area contributed by atoms with Crippen LogP contribution in [-0.4, -0.2) is 136 Å². The van der Waals surface area contributed by atoms with Gasteiger partial charge in [0, 0.05) is 31.7 Å². The molecule has 9 N–H and O–H groups in total. The number of likely N-dealkylation sites (tertiary alicyclic amines) is 1. The highest BCUT2D eigenvalue weighted by molar-refractivity contribution is 5.85. The van der Waals surface area contributed by atoms with Crippen molar-refractivity contribution in [3.8, 4) is 5.88 Å². The van der Waals surface area contributed by atoms with Gasteiger partial charge in [-0.05, 0) is 44.8 Å². The van der Waals surface area contributed by atoms with Crippen molar-refractivity contribution in [2.24, 2.45) is 0 Å². The number of benzene rings is 1. The number of aromatic hydroxyl groups is 1. The molecule has 0 bridgehead atoms. The van der Waals surface area contributed by atoms with Crippen molar-refractivity contribution in [3.63, 3.8) is 0 Å². The van der Waals surface area contributed by atoms with Crippen LogP contribution in [0.25, 0.3) is 11.2 Å². The quantitative estimate of drug-likeness (QED) is 0.0912. The molecule has 3 aromatic heterocycles. The molecule has 7 rings (SSSR count). The highest BCUT2D eigenvalue weighted by Crippen LogP contribution is 2.41. The molecule has 2 saturated heterocycles. The zero-order valence-electron chi connectivity index (χ0n) is 28.3. The SMILES string of the molecule is CN1CC[C@@H](NC(=O)N[C@@H]2CCN(c3nc(N[C@H](CO)Cc4ccccc4)c4ncn([C@@H]5C[C@H](n6c(O)c(CO)[nH]c6=O)[C@@H](O)[C@H]5O)c4n3)C2)C1. The van der Waals surface area contributed by atoms with Gasteiger partial charge >= 0.3 is 11.7 Å². The second-order valence-electron chi connectivity index (χ2n) is 13.8. The maximum absolute atomic E-state index is 12.8. The largest absolute Gasteiger partial charge is 0.493 e. The molecule has 3 fully saturated rings. The van der Waals surface area contributed by atoms with Crippen molar-refractivity contribution in [2.45, 2.75) is 74.7 Å². The van der Waals surface area contributed by atoms with Gasteiger partial charge in [0.15, 0.2) is 17.0 Å². The average molecular weight is 708 g/mol. The van der Waals surface area contributed by atoms with E-state index in [0.717, 1.165) is 29.6 Å². The fourth-order valence-electron chi connectivity index (χ4n) is 7.59. The second-order valence-corrected chi connectivity index (χ2v) is 13.8. The smallest absolute Gasteiger partial charge is 0.329 e. The fourth-order valence-corrected chi connectivity index (χ4v) is 7.59. The summed E-state index contributed by atoms with van der Waals surface area (Å²) in [7, 11) is 2.03. The summed E-state index contributed by atoms with van der Waals surface area (Å²) < 4.78 is 2.57. The molecule has 0 spiro atoms. The van der Waals surface area contributed by atoms with Gasteiger partial charge in [-0.3, -0.25) is 4.57 Å². The van der Waals surface area contributed by atoms with Crippen molar-refractivity contribution in [1.82, 2.24) is 44.6 Å². The van der Waals surface area contributed by atoms with E-state index in [1.165, 1.54) is 6.33 Å². The van der Waals surface area contributed by atoms with Crippen molar-refractivity contribution >= 4 is 29.0 Å². The van der Waals surface area contributed by atoms with Gasteiger partial charge < -0.3 is 60.8 Å². The van der Waals surface area contributed by atoms with Crippen LogP contribution in [0, 0.1) is 0 Å². The number of carbonyl (C=O) groups is 1. The number of nitrogens with one attached hydrogen (secondary N) is 4. The van der Waals surface area contributed by atoms with Crippen LogP contribution in [0.5, 0.6) is 5.88 Å². The topological polar surface area (TPSA) is 242 Å². The highest BCUT2D eigenvalue weighted by Gasteiger charge is 2.46. The zero-order chi connectivity index (χ0) is 35.8. The molecule has 3 aliphatic rings. The van der Waals surface area contributed by atoms with Gasteiger partial charge in [-0.2, -0.15) is 9.97 Å². The number of anilines is 2. The van der Waals surface area contributed by atoms with E-state index in [1.807, 2.05) is 42.3 Å². The molecule has 1 aliphatic carbocycles. The van der Waals surface area contributed by atoms with Gasteiger partial charge in [-0.25, -0.2) is 14.6 Å². The number of hydrogen-bond donors (Lipinski definition) is 9. The number of fused-ring (bicyclic) bond motifs is 1. The van der Waals surface area contributed by atoms with Gasteiger partial charge in [-0.15, -0.1) is 0 Å². The number of nitrogens with zero attached hydrogens (tertiary/aromatic N) is 7. The first-order valence-corrected chi connectivity index (χ1v) is 17.3. The summed E-state index contributed by atoms with van der Waals surface area (Å²) in [6, 6.07) is 7.19. The number of likely N-dealkylation sites (N-methyl/N-ethyl adjacent to an activating group) is 1.